The molecule has 0 aliphatic carbocycles. The van der Waals surface area contributed by atoms with E-state index in [0.717, 1.165) is 19.4 Å². The molecule has 1 unspecified atom stereocenters. The summed E-state index contributed by atoms with van der Waals surface area (Å²) in [7, 11) is -3.35. The van der Waals surface area contributed by atoms with Gasteiger partial charge in [-0.3, -0.25) is 4.90 Å². The second kappa shape index (κ2) is 5.93. The highest BCUT2D eigenvalue weighted by Gasteiger charge is 2.23. The van der Waals surface area contributed by atoms with Crippen LogP contribution in [0.1, 0.15) is 30.1 Å². The highest BCUT2D eigenvalue weighted by molar-refractivity contribution is 7.91. The topological polar surface area (TPSA) is 74.7 Å². The maximum absolute atomic E-state index is 12.2. The van der Waals surface area contributed by atoms with Gasteiger partial charge in [-0.2, -0.15) is 0 Å². The van der Waals surface area contributed by atoms with Gasteiger partial charge in [0, 0.05) is 12.6 Å². The molecule has 0 spiro atoms. The number of hydrogen-bond acceptors (Lipinski definition) is 4. The Hall–Kier alpha value is -1.40. The molecule has 1 aromatic carbocycles. The first-order valence-electron chi connectivity index (χ1n) is 6.70. The Morgan fingerprint density at radius 1 is 1.35 bits per heavy atom. The van der Waals surface area contributed by atoms with Crippen LogP contribution in [0.5, 0.6) is 0 Å². The van der Waals surface area contributed by atoms with Gasteiger partial charge in [-0.1, -0.05) is 0 Å². The molecule has 5 nitrogen and oxygen atoms in total. The molecule has 1 heterocycles. The quantitative estimate of drug-likeness (QED) is 0.894. The van der Waals surface area contributed by atoms with Gasteiger partial charge in [-0.25, -0.2) is 13.2 Å². The van der Waals surface area contributed by atoms with Gasteiger partial charge in [0.05, 0.1) is 16.2 Å². The van der Waals surface area contributed by atoms with E-state index in [1.165, 1.54) is 24.3 Å². The highest BCUT2D eigenvalue weighted by atomic mass is 32.2. The molecule has 1 aromatic rings. The van der Waals surface area contributed by atoms with E-state index in [1.807, 2.05) is 0 Å². The predicted octanol–water partition coefficient (Wildman–Crippen LogP) is 1.64. The van der Waals surface area contributed by atoms with E-state index in [1.54, 1.807) is 0 Å². The largest absolute Gasteiger partial charge is 0.478 e. The summed E-state index contributed by atoms with van der Waals surface area (Å²) in [5.41, 5.74) is 0.0946. The van der Waals surface area contributed by atoms with Gasteiger partial charge in [-0.05, 0) is 50.6 Å². The number of hydrogen-bond donors (Lipinski definition) is 1. The SMILES string of the molecule is CC1CCCN1CCS(=O)(=O)c1ccc(C(=O)O)cc1. The lowest BCUT2D eigenvalue weighted by molar-refractivity contribution is 0.0696. The fourth-order valence-electron chi connectivity index (χ4n) is 2.49. The number of likely N-dealkylation sites (tertiary alicyclic amines) is 1. The number of carboxylic acids is 1. The van der Waals surface area contributed by atoms with Gasteiger partial charge >= 0.3 is 5.97 Å². The fourth-order valence-corrected chi connectivity index (χ4v) is 3.75. The van der Waals surface area contributed by atoms with Gasteiger partial charge < -0.3 is 5.11 Å². The summed E-state index contributed by atoms with van der Waals surface area (Å²) in [6, 6.07) is 5.83. The average molecular weight is 297 g/mol. The number of sulfone groups is 1. The van der Waals surface area contributed by atoms with E-state index >= 15 is 0 Å². The van der Waals surface area contributed by atoms with Crippen molar-refractivity contribution in [1.29, 1.82) is 0 Å². The zero-order chi connectivity index (χ0) is 14.8. The van der Waals surface area contributed by atoms with Crippen molar-refractivity contribution < 1.29 is 18.3 Å². The fraction of sp³-hybridized carbons (Fsp3) is 0.500. The summed E-state index contributed by atoms with van der Waals surface area (Å²) in [6.45, 7) is 3.60. The lowest BCUT2D eigenvalue weighted by atomic mass is 10.2. The first-order chi connectivity index (χ1) is 9.40. The van der Waals surface area contributed by atoms with Crippen molar-refractivity contribution in [2.24, 2.45) is 0 Å². The Labute approximate surface area is 119 Å². The Morgan fingerprint density at radius 2 is 2.00 bits per heavy atom. The molecule has 1 N–H and O–H groups in total. The van der Waals surface area contributed by atoms with Crippen molar-refractivity contribution in [1.82, 2.24) is 4.90 Å². The van der Waals surface area contributed by atoms with E-state index in [2.05, 4.69) is 11.8 Å². The Bertz CT molecular complexity index is 580. The van der Waals surface area contributed by atoms with Crippen molar-refractivity contribution in [3.05, 3.63) is 29.8 Å². The van der Waals surface area contributed by atoms with Crippen LogP contribution in [0.25, 0.3) is 0 Å². The molecule has 6 heteroatoms. The maximum atomic E-state index is 12.2. The monoisotopic (exact) mass is 297 g/mol. The summed E-state index contributed by atoms with van der Waals surface area (Å²) in [4.78, 5) is 13.1. The van der Waals surface area contributed by atoms with Gasteiger partial charge in [0.15, 0.2) is 9.84 Å². The molecule has 1 fully saturated rings. The zero-order valence-corrected chi connectivity index (χ0v) is 12.3. The second-order valence-corrected chi connectivity index (χ2v) is 7.28. The summed E-state index contributed by atoms with van der Waals surface area (Å²) in [5.74, 6) is -0.983. The molecule has 1 aliphatic rings. The molecule has 110 valence electrons. The number of benzene rings is 1. The van der Waals surface area contributed by atoms with Crippen LogP contribution in [0.3, 0.4) is 0 Å². The summed E-state index contributed by atoms with van der Waals surface area (Å²) in [5, 5.41) is 8.80. The lowest BCUT2D eigenvalue weighted by Crippen LogP contribution is -2.31. The van der Waals surface area contributed by atoms with Crippen LogP contribution in [0.2, 0.25) is 0 Å². The minimum atomic E-state index is -3.35. The first-order valence-corrected chi connectivity index (χ1v) is 8.35. The lowest BCUT2D eigenvalue weighted by Gasteiger charge is -2.20. The van der Waals surface area contributed by atoms with E-state index in [4.69, 9.17) is 5.11 Å². The van der Waals surface area contributed by atoms with Crippen molar-refractivity contribution in [3.8, 4) is 0 Å². The third-order valence-corrected chi connectivity index (χ3v) is 5.51. The number of nitrogens with zero attached hydrogens (tertiary/aromatic N) is 1. The van der Waals surface area contributed by atoms with Crippen LogP contribution in [-0.4, -0.2) is 49.3 Å². The second-order valence-electron chi connectivity index (χ2n) is 5.18. The van der Waals surface area contributed by atoms with E-state index in [9.17, 15) is 13.2 Å². The predicted molar refractivity (Wildman–Crippen MR) is 75.7 cm³/mol. The molecule has 2 rings (SSSR count). The van der Waals surface area contributed by atoms with Gasteiger partial charge in [0.1, 0.15) is 0 Å². The number of rotatable bonds is 5. The standard InChI is InChI=1S/C14H19NO4S/c1-11-3-2-8-15(11)9-10-20(18,19)13-6-4-12(5-7-13)14(16)17/h4-7,11H,2-3,8-10H2,1H3,(H,16,17). The van der Waals surface area contributed by atoms with Gasteiger partial charge in [0.2, 0.25) is 0 Å². The Morgan fingerprint density at radius 3 is 2.50 bits per heavy atom. The zero-order valence-electron chi connectivity index (χ0n) is 11.4. The molecule has 20 heavy (non-hydrogen) atoms. The molecule has 1 aliphatic heterocycles. The Balaban J connectivity index is 2.04. The van der Waals surface area contributed by atoms with Crippen LogP contribution in [0.4, 0.5) is 0 Å². The third-order valence-electron chi connectivity index (χ3n) is 3.80. The van der Waals surface area contributed by atoms with Crippen molar-refractivity contribution >= 4 is 15.8 Å². The van der Waals surface area contributed by atoms with Gasteiger partial charge in [-0.15, -0.1) is 0 Å². The molecular formula is C14H19NO4S. The summed E-state index contributed by atoms with van der Waals surface area (Å²) in [6.07, 6.45) is 2.24. The molecule has 1 atom stereocenters. The molecule has 0 radical (unpaired) electrons. The van der Waals surface area contributed by atoms with Crippen molar-refractivity contribution in [3.63, 3.8) is 0 Å². The minimum Gasteiger partial charge on any atom is -0.478 e. The molecule has 0 aromatic heterocycles. The van der Waals surface area contributed by atoms with Crippen molar-refractivity contribution in [2.75, 3.05) is 18.8 Å². The van der Waals surface area contributed by atoms with Gasteiger partial charge in [0.25, 0.3) is 0 Å². The molecule has 0 saturated carbocycles. The van der Waals surface area contributed by atoms with Crippen LogP contribution in [0.15, 0.2) is 29.2 Å². The molecular weight excluding hydrogens is 278 g/mol. The third kappa shape index (κ3) is 3.37. The van der Waals surface area contributed by atoms with Crippen LogP contribution in [-0.2, 0) is 9.84 Å². The van der Waals surface area contributed by atoms with E-state index < -0.39 is 15.8 Å². The van der Waals surface area contributed by atoms with Crippen LogP contribution < -0.4 is 0 Å². The highest BCUT2D eigenvalue weighted by Crippen LogP contribution is 2.18. The van der Waals surface area contributed by atoms with Crippen LogP contribution >= 0.6 is 0 Å². The van der Waals surface area contributed by atoms with Crippen molar-refractivity contribution in [2.45, 2.75) is 30.7 Å². The van der Waals surface area contributed by atoms with Crippen LogP contribution in [0, 0.1) is 0 Å². The Kier molecular flexibility index (Phi) is 4.45. The number of carbonyl (C=O) groups is 1. The molecule has 0 amide bonds. The summed E-state index contributed by atoms with van der Waals surface area (Å²) >= 11 is 0. The normalized spacial score (nSPS) is 20.1. The maximum Gasteiger partial charge on any atom is 0.335 e. The summed E-state index contributed by atoms with van der Waals surface area (Å²) < 4.78 is 24.4. The minimum absolute atomic E-state index is 0.0732. The van der Waals surface area contributed by atoms with E-state index in [-0.39, 0.29) is 16.2 Å². The van der Waals surface area contributed by atoms with E-state index in [0.29, 0.717) is 12.6 Å². The average Bonchev–Trinajstić information content (AvgIpc) is 2.82. The molecule has 0 bridgehead atoms. The number of aromatic carboxylic acids is 1. The number of carboxylic acid groups (broad SMARTS) is 1. The smallest absolute Gasteiger partial charge is 0.335 e. The molecule has 1 saturated heterocycles. The first kappa shape index (κ1) is 15.0.